The van der Waals surface area contributed by atoms with Crippen LogP contribution in [-0.2, 0) is 13.1 Å². The van der Waals surface area contributed by atoms with Crippen LogP contribution in [0.1, 0.15) is 33.1 Å². The lowest BCUT2D eigenvalue weighted by Gasteiger charge is -2.08. The van der Waals surface area contributed by atoms with Gasteiger partial charge in [0.1, 0.15) is 5.76 Å². The van der Waals surface area contributed by atoms with Gasteiger partial charge in [-0.15, -0.1) is 0 Å². The van der Waals surface area contributed by atoms with Gasteiger partial charge in [0.2, 0.25) is 0 Å². The van der Waals surface area contributed by atoms with Crippen LogP contribution in [0.3, 0.4) is 0 Å². The Bertz CT molecular complexity index is 804. The molecule has 1 amide bonds. The van der Waals surface area contributed by atoms with Gasteiger partial charge >= 0.3 is 0 Å². The zero-order chi connectivity index (χ0) is 16.2. The van der Waals surface area contributed by atoms with Crippen LogP contribution in [0, 0.1) is 13.8 Å². The van der Waals surface area contributed by atoms with E-state index in [9.17, 15) is 4.79 Å². The van der Waals surface area contributed by atoms with E-state index in [-0.39, 0.29) is 5.91 Å². The van der Waals surface area contributed by atoms with Crippen molar-refractivity contribution in [2.75, 3.05) is 0 Å². The van der Waals surface area contributed by atoms with Crippen molar-refractivity contribution in [3.63, 3.8) is 0 Å². The number of aromatic nitrogens is 2. The first-order chi connectivity index (χ1) is 11.1. The zero-order valence-corrected chi connectivity index (χ0v) is 13.2. The minimum Gasteiger partial charge on any atom is -0.467 e. The Labute approximate surface area is 134 Å². The molecule has 1 N–H and O–H groups in total. The van der Waals surface area contributed by atoms with Crippen LogP contribution in [-0.4, -0.2) is 15.7 Å². The van der Waals surface area contributed by atoms with Gasteiger partial charge in [0, 0.05) is 11.3 Å². The van der Waals surface area contributed by atoms with Crippen molar-refractivity contribution >= 4 is 5.91 Å². The molecule has 0 aliphatic carbocycles. The van der Waals surface area contributed by atoms with E-state index in [1.807, 2.05) is 54.9 Å². The van der Waals surface area contributed by atoms with Crippen molar-refractivity contribution in [3.05, 3.63) is 77.0 Å². The number of nitrogens with zero attached hydrogens (tertiary/aromatic N) is 2. The third kappa shape index (κ3) is 3.69. The molecule has 0 radical (unpaired) electrons. The van der Waals surface area contributed by atoms with Crippen molar-refractivity contribution < 1.29 is 9.21 Å². The van der Waals surface area contributed by atoms with Crippen molar-refractivity contribution in [1.82, 2.24) is 15.1 Å². The number of furan rings is 1. The van der Waals surface area contributed by atoms with Crippen LogP contribution < -0.4 is 5.32 Å². The fourth-order valence-electron chi connectivity index (χ4n) is 2.50. The molecule has 0 aliphatic heterocycles. The molecule has 0 saturated carbocycles. The molecule has 0 atom stereocenters. The number of aryl methyl sites for hydroxylation is 2. The molecular weight excluding hydrogens is 290 g/mol. The number of benzene rings is 1. The highest BCUT2D eigenvalue weighted by atomic mass is 16.3. The number of amides is 1. The maximum atomic E-state index is 12.2. The highest BCUT2D eigenvalue weighted by Crippen LogP contribution is 2.10. The summed E-state index contributed by atoms with van der Waals surface area (Å²) in [5, 5.41) is 7.31. The fraction of sp³-hybridized carbons (Fsp3) is 0.222. The van der Waals surface area contributed by atoms with E-state index in [0.717, 1.165) is 22.7 Å². The normalized spacial score (nSPS) is 10.7. The van der Waals surface area contributed by atoms with Crippen LogP contribution in [0.15, 0.2) is 53.1 Å². The monoisotopic (exact) mass is 309 g/mol. The topological polar surface area (TPSA) is 60.1 Å². The maximum Gasteiger partial charge on any atom is 0.251 e. The number of carbonyl (C=O) groups excluding carboxylic acids is 1. The lowest BCUT2D eigenvalue weighted by molar-refractivity contribution is 0.0948. The van der Waals surface area contributed by atoms with Crippen molar-refractivity contribution in [1.29, 1.82) is 0 Å². The van der Waals surface area contributed by atoms with Gasteiger partial charge in [-0.3, -0.25) is 9.48 Å². The minimum atomic E-state index is -0.114. The molecule has 0 fully saturated rings. The second-order valence-corrected chi connectivity index (χ2v) is 5.55. The summed E-state index contributed by atoms with van der Waals surface area (Å²) in [6.45, 7) is 5.04. The quantitative estimate of drug-likeness (QED) is 0.788. The average molecular weight is 309 g/mol. The van der Waals surface area contributed by atoms with Crippen molar-refractivity contribution in [3.8, 4) is 0 Å². The minimum absolute atomic E-state index is 0.114. The van der Waals surface area contributed by atoms with Crippen molar-refractivity contribution in [2.24, 2.45) is 0 Å². The molecule has 23 heavy (non-hydrogen) atoms. The summed E-state index contributed by atoms with van der Waals surface area (Å²) in [6.07, 6.45) is 1.59. The zero-order valence-electron chi connectivity index (χ0n) is 13.2. The molecule has 5 nitrogen and oxygen atoms in total. The summed E-state index contributed by atoms with van der Waals surface area (Å²) >= 11 is 0. The molecule has 3 rings (SSSR count). The molecule has 2 aromatic heterocycles. The summed E-state index contributed by atoms with van der Waals surface area (Å²) in [5.41, 5.74) is 3.78. The first-order valence-electron chi connectivity index (χ1n) is 7.52. The molecule has 5 heteroatoms. The Kier molecular flexibility index (Phi) is 4.28. The van der Waals surface area contributed by atoms with Gasteiger partial charge in [-0.2, -0.15) is 5.10 Å². The summed E-state index contributed by atoms with van der Waals surface area (Å²) in [7, 11) is 0. The van der Waals surface area contributed by atoms with Crippen LogP contribution in [0.2, 0.25) is 0 Å². The van der Waals surface area contributed by atoms with Crippen LogP contribution in [0.4, 0.5) is 0 Å². The predicted octanol–water partition coefficient (Wildman–Crippen LogP) is 3.07. The summed E-state index contributed by atoms with van der Waals surface area (Å²) in [5.74, 6) is 0.619. The molecular formula is C18H19N3O2. The van der Waals surface area contributed by atoms with E-state index < -0.39 is 0 Å². The Balaban J connectivity index is 1.69. The summed E-state index contributed by atoms with van der Waals surface area (Å²) in [4.78, 5) is 12.2. The first-order valence-corrected chi connectivity index (χ1v) is 7.52. The highest BCUT2D eigenvalue weighted by molar-refractivity contribution is 5.94. The molecule has 0 bridgehead atoms. The Hall–Kier alpha value is -2.82. The number of rotatable bonds is 5. The van der Waals surface area contributed by atoms with Crippen LogP contribution in [0.5, 0.6) is 0 Å². The van der Waals surface area contributed by atoms with Crippen LogP contribution >= 0.6 is 0 Å². The fourth-order valence-corrected chi connectivity index (χ4v) is 2.50. The second kappa shape index (κ2) is 6.52. The molecule has 0 unspecified atom stereocenters. The standard InChI is InChI=1S/C18H19N3O2/c1-13-9-14(2)21(20-13)12-15-5-3-6-16(10-15)18(22)19-11-17-7-4-8-23-17/h3-10H,11-12H2,1-2H3,(H,19,22). The third-order valence-electron chi connectivity index (χ3n) is 3.63. The van der Waals surface area contributed by atoms with Gasteiger partial charge in [0.05, 0.1) is 25.0 Å². The lowest BCUT2D eigenvalue weighted by Crippen LogP contribution is -2.22. The van der Waals surface area contributed by atoms with E-state index >= 15 is 0 Å². The number of carbonyl (C=O) groups is 1. The maximum absolute atomic E-state index is 12.2. The van der Waals surface area contributed by atoms with Gasteiger partial charge in [0.25, 0.3) is 5.91 Å². The Morgan fingerprint density at radius 1 is 1.22 bits per heavy atom. The number of hydrogen-bond acceptors (Lipinski definition) is 3. The van der Waals surface area contributed by atoms with Gasteiger partial charge in [-0.1, -0.05) is 12.1 Å². The Morgan fingerprint density at radius 3 is 2.78 bits per heavy atom. The highest BCUT2D eigenvalue weighted by Gasteiger charge is 2.08. The third-order valence-corrected chi connectivity index (χ3v) is 3.63. The number of nitrogens with one attached hydrogen (secondary N) is 1. The predicted molar refractivity (Wildman–Crippen MR) is 87.1 cm³/mol. The molecule has 118 valence electrons. The van der Waals surface area contributed by atoms with E-state index in [4.69, 9.17) is 4.42 Å². The molecule has 3 aromatic rings. The summed E-state index contributed by atoms with van der Waals surface area (Å²) < 4.78 is 7.15. The van der Waals surface area contributed by atoms with Crippen molar-refractivity contribution in [2.45, 2.75) is 26.9 Å². The molecule has 2 heterocycles. The molecule has 0 spiro atoms. The molecule has 0 saturated heterocycles. The smallest absolute Gasteiger partial charge is 0.251 e. The van der Waals surface area contributed by atoms with Gasteiger partial charge in [0.15, 0.2) is 0 Å². The van der Waals surface area contributed by atoms with Crippen LogP contribution in [0.25, 0.3) is 0 Å². The Morgan fingerprint density at radius 2 is 2.09 bits per heavy atom. The first kappa shape index (κ1) is 15.1. The van der Waals surface area contributed by atoms with E-state index in [1.54, 1.807) is 12.3 Å². The SMILES string of the molecule is Cc1cc(C)n(Cc2cccc(C(=O)NCc3ccco3)c2)n1. The number of hydrogen-bond donors (Lipinski definition) is 1. The largest absolute Gasteiger partial charge is 0.467 e. The lowest BCUT2D eigenvalue weighted by atomic mass is 10.1. The molecule has 1 aromatic carbocycles. The van der Waals surface area contributed by atoms with Gasteiger partial charge in [-0.25, -0.2) is 0 Å². The summed E-state index contributed by atoms with van der Waals surface area (Å²) in [6, 6.07) is 13.3. The van der Waals surface area contributed by atoms with E-state index in [2.05, 4.69) is 10.4 Å². The average Bonchev–Trinajstić information content (AvgIpc) is 3.15. The van der Waals surface area contributed by atoms with E-state index in [0.29, 0.717) is 18.7 Å². The van der Waals surface area contributed by atoms with Gasteiger partial charge < -0.3 is 9.73 Å². The van der Waals surface area contributed by atoms with Gasteiger partial charge in [-0.05, 0) is 49.7 Å². The van der Waals surface area contributed by atoms with E-state index in [1.165, 1.54) is 0 Å². The molecule has 0 aliphatic rings. The second-order valence-electron chi connectivity index (χ2n) is 5.55.